The number of hydrogen-bond acceptors (Lipinski definition) is 6. The molecular formula is C10H11ClFN3O4. The lowest BCUT2D eigenvalue weighted by Gasteiger charge is -2.21. The number of aromatic nitrogens is 2. The maximum atomic E-state index is 14.2. The zero-order valence-electron chi connectivity index (χ0n) is 9.53. The Hall–Kier alpha value is -1.22. The lowest BCUT2D eigenvalue weighted by atomic mass is 10.1. The molecule has 0 bridgehead atoms. The molecule has 5 unspecified atom stereocenters. The monoisotopic (exact) mass is 291 g/mol. The number of halogens is 2. The molecule has 0 spiro atoms. The topological polar surface area (TPSA) is 111 Å². The van der Waals surface area contributed by atoms with E-state index in [0.29, 0.717) is 0 Å². The largest absolute Gasteiger partial charge is 0.387 e. The summed E-state index contributed by atoms with van der Waals surface area (Å²) < 4.78 is 20.4. The lowest BCUT2D eigenvalue weighted by molar-refractivity contribution is -0.0867. The van der Waals surface area contributed by atoms with E-state index < -0.39 is 35.4 Å². The van der Waals surface area contributed by atoms with E-state index in [-0.39, 0.29) is 11.7 Å². The van der Waals surface area contributed by atoms with Gasteiger partial charge in [0.05, 0.1) is 5.88 Å². The summed E-state index contributed by atoms with van der Waals surface area (Å²) in [6.45, 7) is 0. The molecule has 1 aromatic rings. The third kappa shape index (κ3) is 1.32. The molecule has 1 saturated carbocycles. The van der Waals surface area contributed by atoms with E-state index in [1.165, 1.54) is 12.3 Å². The highest BCUT2D eigenvalue weighted by Crippen LogP contribution is 2.63. The Morgan fingerprint density at radius 3 is 2.89 bits per heavy atom. The van der Waals surface area contributed by atoms with Crippen LogP contribution in [0.25, 0.3) is 0 Å². The Balaban J connectivity index is 2.00. The Morgan fingerprint density at radius 2 is 2.37 bits per heavy atom. The van der Waals surface area contributed by atoms with Crippen molar-refractivity contribution in [1.82, 2.24) is 9.55 Å². The fraction of sp³-hybridized carbons (Fsp3) is 0.600. The summed E-state index contributed by atoms with van der Waals surface area (Å²) in [6.07, 6.45) is -3.59. The molecule has 2 heterocycles. The van der Waals surface area contributed by atoms with Gasteiger partial charge < -0.3 is 20.7 Å². The molecule has 2 fully saturated rings. The van der Waals surface area contributed by atoms with Crippen LogP contribution in [0.5, 0.6) is 0 Å². The Labute approximate surface area is 111 Å². The number of aliphatic hydroxyl groups excluding tert-OH is 1. The van der Waals surface area contributed by atoms with E-state index in [1.54, 1.807) is 0 Å². The lowest BCUT2D eigenvalue weighted by Crippen LogP contribution is -2.38. The van der Waals surface area contributed by atoms with Gasteiger partial charge in [-0.15, -0.1) is 11.6 Å². The van der Waals surface area contributed by atoms with Gasteiger partial charge in [0.25, 0.3) is 0 Å². The molecule has 4 N–H and O–H groups in total. The molecule has 19 heavy (non-hydrogen) atoms. The fourth-order valence-electron chi connectivity index (χ4n) is 2.56. The standard InChI is InChI=1S/C10H11ClFN3O4/c11-3-9-7(16)10(9,18)5(12)6(19-9)15-2-1-4(13)14-8(15)17/h1-2,5-7,16,18H,3H2,(H2,13,14,17). The molecule has 0 aromatic carbocycles. The van der Waals surface area contributed by atoms with Crippen molar-refractivity contribution in [2.45, 2.75) is 29.7 Å². The van der Waals surface area contributed by atoms with Crippen LogP contribution in [0.15, 0.2) is 17.1 Å². The van der Waals surface area contributed by atoms with E-state index in [1.807, 2.05) is 0 Å². The first-order valence-corrected chi connectivity index (χ1v) is 6.05. The van der Waals surface area contributed by atoms with Gasteiger partial charge in [0, 0.05) is 6.20 Å². The maximum Gasteiger partial charge on any atom is 0.351 e. The quantitative estimate of drug-likeness (QED) is 0.589. The number of alkyl halides is 2. The number of nitrogens with two attached hydrogens (primary N) is 1. The smallest absolute Gasteiger partial charge is 0.351 e. The van der Waals surface area contributed by atoms with Crippen LogP contribution < -0.4 is 11.4 Å². The molecule has 2 aliphatic rings. The summed E-state index contributed by atoms with van der Waals surface area (Å²) in [5, 5.41) is 19.6. The van der Waals surface area contributed by atoms with Crippen LogP contribution in [-0.2, 0) is 4.74 Å². The molecule has 5 atom stereocenters. The summed E-state index contributed by atoms with van der Waals surface area (Å²) in [4.78, 5) is 15.1. The van der Waals surface area contributed by atoms with Crippen molar-refractivity contribution in [3.05, 3.63) is 22.7 Å². The number of nitrogen functional groups attached to an aromatic ring is 1. The first kappa shape index (κ1) is 12.8. The minimum atomic E-state index is -2.10. The van der Waals surface area contributed by atoms with Gasteiger partial charge in [-0.2, -0.15) is 4.98 Å². The van der Waals surface area contributed by atoms with E-state index >= 15 is 0 Å². The number of hydrogen-bond donors (Lipinski definition) is 3. The average Bonchev–Trinajstić information content (AvgIpc) is 2.73. The van der Waals surface area contributed by atoms with Crippen LogP contribution in [0.2, 0.25) is 0 Å². The molecule has 7 nitrogen and oxygen atoms in total. The van der Waals surface area contributed by atoms with Crippen molar-refractivity contribution in [1.29, 1.82) is 0 Å². The van der Waals surface area contributed by atoms with Crippen LogP contribution in [0.3, 0.4) is 0 Å². The van der Waals surface area contributed by atoms with Crippen LogP contribution in [-0.4, -0.2) is 49.1 Å². The van der Waals surface area contributed by atoms with E-state index in [2.05, 4.69) is 4.98 Å². The summed E-state index contributed by atoms with van der Waals surface area (Å²) in [6, 6.07) is 1.30. The van der Waals surface area contributed by atoms with Crippen LogP contribution >= 0.6 is 11.6 Å². The highest BCUT2D eigenvalue weighted by molar-refractivity contribution is 6.19. The second kappa shape index (κ2) is 3.66. The van der Waals surface area contributed by atoms with E-state index in [9.17, 15) is 19.4 Å². The highest BCUT2D eigenvalue weighted by atomic mass is 35.5. The minimum absolute atomic E-state index is 0.00869. The first-order chi connectivity index (χ1) is 8.88. The minimum Gasteiger partial charge on any atom is -0.387 e. The molecule has 104 valence electrons. The molecule has 1 aromatic heterocycles. The number of aliphatic hydroxyl groups is 2. The van der Waals surface area contributed by atoms with Crippen molar-refractivity contribution < 1.29 is 19.3 Å². The zero-order chi connectivity index (χ0) is 14.0. The van der Waals surface area contributed by atoms with Crippen molar-refractivity contribution in [3.8, 4) is 0 Å². The molecule has 0 radical (unpaired) electrons. The SMILES string of the molecule is Nc1ccn(C2OC3(CCl)C(O)C3(O)C2F)c(=O)n1. The van der Waals surface area contributed by atoms with Crippen LogP contribution in [0.4, 0.5) is 10.2 Å². The first-order valence-electron chi connectivity index (χ1n) is 5.51. The zero-order valence-corrected chi connectivity index (χ0v) is 10.3. The summed E-state index contributed by atoms with van der Waals surface area (Å²) in [5.74, 6) is -0.302. The Kier molecular flexibility index (Phi) is 2.47. The summed E-state index contributed by atoms with van der Waals surface area (Å²) in [5.41, 5.74) is 0.838. The van der Waals surface area contributed by atoms with Crippen LogP contribution in [0, 0.1) is 0 Å². The van der Waals surface area contributed by atoms with Gasteiger partial charge in [-0.1, -0.05) is 0 Å². The average molecular weight is 292 g/mol. The molecule has 1 aliphatic heterocycles. The number of ether oxygens (including phenoxy) is 1. The molecule has 1 saturated heterocycles. The normalized spacial score (nSPS) is 44.1. The molecule has 0 amide bonds. The van der Waals surface area contributed by atoms with Gasteiger partial charge in [-0.05, 0) is 6.07 Å². The van der Waals surface area contributed by atoms with Crippen molar-refractivity contribution in [3.63, 3.8) is 0 Å². The maximum absolute atomic E-state index is 14.2. The van der Waals surface area contributed by atoms with Crippen molar-refractivity contribution in [2.75, 3.05) is 11.6 Å². The van der Waals surface area contributed by atoms with Gasteiger partial charge in [-0.3, -0.25) is 4.57 Å². The second-order valence-electron chi connectivity index (χ2n) is 4.70. The third-order valence-electron chi connectivity index (χ3n) is 3.78. The molecule has 3 rings (SSSR count). The fourth-order valence-corrected chi connectivity index (χ4v) is 2.98. The Morgan fingerprint density at radius 1 is 1.68 bits per heavy atom. The number of fused-ring (bicyclic) bond motifs is 1. The molecular weight excluding hydrogens is 281 g/mol. The Bertz CT molecular complexity index is 594. The van der Waals surface area contributed by atoms with Crippen molar-refractivity contribution >= 4 is 17.4 Å². The predicted molar refractivity (Wildman–Crippen MR) is 62.3 cm³/mol. The predicted octanol–water partition coefficient (Wildman–Crippen LogP) is -1.22. The molecule has 1 aliphatic carbocycles. The van der Waals surface area contributed by atoms with Crippen molar-refractivity contribution in [2.24, 2.45) is 0 Å². The summed E-state index contributed by atoms with van der Waals surface area (Å²) in [7, 11) is 0. The second-order valence-corrected chi connectivity index (χ2v) is 4.97. The van der Waals surface area contributed by atoms with Gasteiger partial charge in [-0.25, -0.2) is 9.18 Å². The number of nitrogens with zero attached hydrogens (tertiary/aromatic N) is 2. The van der Waals surface area contributed by atoms with Gasteiger partial charge in [0.1, 0.15) is 17.5 Å². The van der Waals surface area contributed by atoms with Crippen LogP contribution in [0.1, 0.15) is 6.23 Å². The van der Waals surface area contributed by atoms with E-state index in [4.69, 9.17) is 22.1 Å². The molecule has 9 heteroatoms. The highest BCUT2D eigenvalue weighted by Gasteiger charge is 2.87. The number of rotatable bonds is 2. The van der Waals surface area contributed by atoms with E-state index in [0.717, 1.165) is 4.57 Å². The van der Waals surface area contributed by atoms with Gasteiger partial charge in [0.15, 0.2) is 18.0 Å². The van der Waals surface area contributed by atoms with Gasteiger partial charge >= 0.3 is 5.69 Å². The van der Waals surface area contributed by atoms with Gasteiger partial charge in [0.2, 0.25) is 0 Å². The third-order valence-corrected chi connectivity index (χ3v) is 4.18. The summed E-state index contributed by atoms with van der Waals surface area (Å²) >= 11 is 5.62. The number of anilines is 1.